The highest BCUT2D eigenvalue weighted by molar-refractivity contribution is 6.07. The fraction of sp³-hybridized carbons (Fsp3) is 0.481. The number of nitrogens with one attached hydrogen (secondary N) is 1. The highest BCUT2D eigenvalue weighted by Crippen LogP contribution is 2.46. The number of allylic oxidation sites excluding steroid dienone is 3. The van der Waals surface area contributed by atoms with E-state index in [9.17, 15) is 19.2 Å². The molecule has 0 bridgehead atoms. The zero-order chi connectivity index (χ0) is 23.4. The van der Waals surface area contributed by atoms with Gasteiger partial charge in [0.1, 0.15) is 0 Å². The molecular weight excluding hydrogens is 432 g/mol. The molecule has 2 aliphatic carbocycles. The van der Waals surface area contributed by atoms with Crippen LogP contribution in [0.4, 0.5) is 0 Å². The maximum Gasteiger partial charge on any atom is 0.317 e. The Labute approximate surface area is 198 Å². The number of likely N-dealkylation sites (tertiary alicyclic amines) is 1. The fourth-order valence-corrected chi connectivity index (χ4v) is 6.50. The van der Waals surface area contributed by atoms with E-state index in [-0.39, 0.29) is 48.0 Å². The molecule has 5 unspecified atom stereocenters. The smallest absolute Gasteiger partial charge is 0.317 e. The van der Waals surface area contributed by atoms with Crippen molar-refractivity contribution >= 4 is 23.8 Å². The average molecular weight is 461 g/mol. The minimum absolute atomic E-state index is 0.0456. The van der Waals surface area contributed by atoms with Gasteiger partial charge < -0.3 is 10.1 Å². The van der Waals surface area contributed by atoms with E-state index < -0.39 is 11.4 Å². The van der Waals surface area contributed by atoms with Crippen molar-refractivity contribution in [1.82, 2.24) is 10.2 Å². The molecule has 1 N–H and O–H groups in total. The Morgan fingerprint density at radius 3 is 2.71 bits per heavy atom. The van der Waals surface area contributed by atoms with Gasteiger partial charge in [0, 0.05) is 13.0 Å². The first-order valence-corrected chi connectivity index (χ1v) is 12.3. The van der Waals surface area contributed by atoms with Gasteiger partial charge in [-0.1, -0.05) is 42.5 Å². The van der Waals surface area contributed by atoms with E-state index >= 15 is 0 Å². The molecule has 0 radical (unpaired) electrons. The second kappa shape index (κ2) is 8.01. The molecule has 7 heteroatoms. The summed E-state index contributed by atoms with van der Waals surface area (Å²) >= 11 is 0. The number of carbonyl (C=O) groups is 4. The van der Waals surface area contributed by atoms with E-state index in [2.05, 4.69) is 23.5 Å². The van der Waals surface area contributed by atoms with Gasteiger partial charge in [0.2, 0.25) is 11.8 Å². The predicted octanol–water partition coefficient (Wildman–Crippen LogP) is 2.62. The molecule has 1 spiro atoms. The fourth-order valence-electron chi connectivity index (χ4n) is 6.50. The number of cyclic esters (lactones) is 2. The number of nitrogens with zero attached hydrogens (tertiary/aromatic N) is 1. The first-order valence-electron chi connectivity index (χ1n) is 12.3. The Bertz CT molecular complexity index is 1150. The van der Waals surface area contributed by atoms with E-state index in [0.717, 1.165) is 30.5 Å². The van der Waals surface area contributed by atoms with Crippen molar-refractivity contribution < 1.29 is 23.9 Å². The number of esters is 2. The zero-order valence-corrected chi connectivity index (χ0v) is 19.0. The topological polar surface area (TPSA) is 92.8 Å². The highest BCUT2D eigenvalue weighted by atomic mass is 16.6. The van der Waals surface area contributed by atoms with Gasteiger partial charge in [-0.05, 0) is 61.3 Å². The molecule has 176 valence electrons. The standard InChI is InChI=1S/C27H28N2O5/c30-23-14-27(26(33)29(23)15-22-19-4-2-1-3-17(19)9-12-28-22)10-7-16(8-11-27)18-5-6-20-21(13-18)25(32)34-24(20)31/h1-4,7-8,10,18,20-22,28H,5-6,9,11-15H2. The number of hydrogen-bond donors (Lipinski definition) is 1. The van der Waals surface area contributed by atoms with Crippen LogP contribution in [0.5, 0.6) is 0 Å². The molecule has 1 saturated carbocycles. The molecule has 2 amide bonds. The Morgan fingerprint density at radius 1 is 1.06 bits per heavy atom. The molecule has 1 aromatic carbocycles. The molecular formula is C27H28N2O5. The highest BCUT2D eigenvalue weighted by Gasteiger charge is 2.52. The van der Waals surface area contributed by atoms with E-state index in [0.29, 0.717) is 25.8 Å². The lowest BCUT2D eigenvalue weighted by Gasteiger charge is -2.33. The Balaban J connectivity index is 1.15. The maximum atomic E-state index is 13.5. The van der Waals surface area contributed by atoms with Crippen molar-refractivity contribution in [2.45, 2.75) is 44.6 Å². The number of amides is 2. The monoisotopic (exact) mass is 460 g/mol. The van der Waals surface area contributed by atoms with Crippen molar-refractivity contribution in [3.05, 3.63) is 59.2 Å². The van der Waals surface area contributed by atoms with Gasteiger partial charge in [-0.2, -0.15) is 0 Å². The van der Waals surface area contributed by atoms with Gasteiger partial charge in [-0.25, -0.2) is 0 Å². The lowest BCUT2D eigenvalue weighted by atomic mass is 9.70. The van der Waals surface area contributed by atoms with E-state index in [1.165, 1.54) is 10.5 Å². The van der Waals surface area contributed by atoms with Crippen molar-refractivity contribution in [3.8, 4) is 0 Å². The quantitative estimate of drug-likeness (QED) is 0.424. The predicted molar refractivity (Wildman–Crippen MR) is 122 cm³/mol. The molecule has 6 rings (SSSR count). The van der Waals surface area contributed by atoms with Crippen LogP contribution in [0.25, 0.3) is 0 Å². The minimum atomic E-state index is -0.811. The Hall–Kier alpha value is -3.06. The molecule has 5 aliphatic rings. The summed E-state index contributed by atoms with van der Waals surface area (Å²) in [5.41, 5.74) is 2.72. The van der Waals surface area contributed by atoms with Crippen LogP contribution in [0.1, 0.15) is 49.3 Å². The molecule has 5 atom stereocenters. The Kier molecular flexibility index (Phi) is 5.06. The van der Waals surface area contributed by atoms with E-state index in [1.54, 1.807) is 0 Å². The third kappa shape index (κ3) is 3.36. The average Bonchev–Trinajstić information content (AvgIpc) is 3.26. The van der Waals surface area contributed by atoms with Crippen LogP contribution in [0.2, 0.25) is 0 Å². The van der Waals surface area contributed by atoms with Crippen molar-refractivity contribution in [2.75, 3.05) is 13.1 Å². The first-order chi connectivity index (χ1) is 16.4. The first kappa shape index (κ1) is 21.5. The van der Waals surface area contributed by atoms with Gasteiger partial charge in [0.05, 0.1) is 23.3 Å². The number of ether oxygens (including phenoxy) is 1. The third-order valence-corrected chi connectivity index (χ3v) is 8.44. The normalized spacial score (nSPS) is 34.8. The summed E-state index contributed by atoms with van der Waals surface area (Å²) in [5, 5.41) is 3.47. The van der Waals surface area contributed by atoms with E-state index in [1.807, 2.05) is 24.3 Å². The summed E-state index contributed by atoms with van der Waals surface area (Å²) in [7, 11) is 0. The lowest BCUT2D eigenvalue weighted by molar-refractivity contribution is -0.154. The number of benzene rings is 1. The number of fused-ring (bicyclic) bond motifs is 2. The van der Waals surface area contributed by atoms with Crippen LogP contribution >= 0.6 is 0 Å². The van der Waals surface area contributed by atoms with Crippen molar-refractivity contribution in [1.29, 1.82) is 0 Å². The SMILES string of the molecule is O=C1OC(=O)C2CC(C3=CCC4(C=C3)CC(=O)N(CC3NCCc5ccccc53)C4=O)CCC12. The minimum Gasteiger partial charge on any atom is -0.393 e. The van der Waals surface area contributed by atoms with Crippen LogP contribution in [-0.4, -0.2) is 41.7 Å². The van der Waals surface area contributed by atoms with Crippen LogP contribution in [-0.2, 0) is 30.3 Å². The van der Waals surface area contributed by atoms with Crippen LogP contribution < -0.4 is 5.32 Å². The molecule has 3 aliphatic heterocycles. The van der Waals surface area contributed by atoms with Gasteiger partial charge >= 0.3 is 11.9 Å². The van der Waals surface area contributed by atoms with Crippen LogP contribution in [0.3, 0.4) is 0 Å². The third-order valence-electron chi connectivity index (χ3n) is 8.44. The molecule has 3 heterocycles. The van der Waals surface area contributed by atoms with E-state index in [4.69, 9.17) is 4.74 Å². The summed E-state index contributed by atoms with van der Waals surface area (Å²) in [5.74, 6) is -1.52. The number of rotatable bonds is 3. The summed E-state index contributed by atoms with van der Waals surface area (Å²) in [6.45, 7) is 1.18. The van der Waals surface area contributed by atoms with Gasteiger partial charge in [0.25, 0.3) is 0 Å². The molecule has 2 saturated heterocycles. The Morgan fingerprint density at radius 2 is 1.88 bits per heavy atom. The van der Waals surface area contributed by atoms with Crippen LogP contribution in [0.15, 0.2) is 48.1 Å². The largest absolute Gasteiger partial charge is 0.393 e. The van der Waals surface area contributed by atoms with Crippen LogP contribution in [0, 0.1) is 23.2 Å². The second-order valence-electron chi connectivity index (χ2n) is 10.3. The molecule has 3 fully saturated rings. The summed E-state index contributed by atoms with van der Waals surface area (Å²) in [6, 6.07) is 8.17. The van der Waals surface area contributed by atoms with Crippen molar-refractivity contribution in [2.24, 2.45) is 23.2 Å². The zero-order valence-electron chi connectivity index (χ0n) is 19.0. The summed E-state index contributed by atoms with van der Waals surface area (Å²) in [6.07, 6.45) is 9.65. The number of imide groups is 1. The molecule has 7 nitrogen and oxygen atoms in total. The van der Waals surface area contributed by atoms with Gasteiger partial charge in [-0.3, -0.25) is 24.1 Å². The summed E-state index contributed by atoms with van der Waals surface area (Å²) in [4.78, 5) is 51.7. The second-order valence-corrected chi connectivity index (χ2v) is 10.3. The maximum absolute atomic E-state index is 13.5. The number of hydrogen-bond acceptors (Lipinski definition) is 6. The molecule has 34 heavy (non-hydrogen) atoms. The number of carbonyl (C=O) groups excluding carboxylic acids is 4. The molecule has 1 aromatic rings. The van der Waals surface area contributed by atoms with Crippen molar-refractivity contribution in [3.63, 3.8) is 0 Å². The molecule has 0 aromatic heterocycles. The summed E-state index contributed by atoms with van der Waals surface area (Å²) < 4.78 is 4.83. The van der Waals surface area contributed by atoms with Gasteiger partial charge in [0.15, 0.2) is 0 Å². The van der Waals surface area contributed by atoms with Gasteiger partial charge in [-0.15, -0.1) is 0 Å². The lowest BCUT2D eigenvalue weighted by Crippen LogP contribution is -2.43.